The minimum atomic E-state index is -0.113. The van der Waals surface area contributed by atoms with Crippen molar-refractivity contribution in [1.29, 1.82) is 0 Å². The maximum Gasteiger partial charge on any atom is 0.229 e. The van der Waals surface area contributed by atoms with Gasteiger partial charge in [0.25, 0.3) is 0 Å². The van der Waals surface area contributed by atoms with Crippen molar-refractivity contribution in [1.82, 2.24) is 10.2 Å². The minimum Gasteiger partial charge on any atom is -0.339 e. The Bertz CT molecular complexity index is 467. The molecule has 108 valence electrons. The van der Waals surface area contributed by atoms with Gasteiger partial charge in [-0.2, -0.15) is 0 Å². The molecule has 1 aromatic carbocycles. The molecule has 1 atom stereocenters. The molecule has 1 saturated carbocycles. The number of amides is 1. The zero-order valence-corrected chi connectivity index (χ0v) is 12.3. The molecular formula is C17H24N2O. The summed E-state index contributed by atoms with van der Waals surface area (Å²) in [5, 5.41) is 3.41. The number of benzene rings is 1. The number of nitrogens with zero attached hydrogens (tertiary/aromatic N) is 1. The van der Waals surface area contributed by atoms with Crippen molar-refractivity contribution in [3.63, 3.8) is 0 Å². The van der Waals surface area contributed by atoms with Gasteiger partial charge in [-0.25, -0.2) is 0 Å². The fraction of sp³-hybridized carbons (Fsp3) is 0.588. The molecule has 0 bridgehead atoms. The van der Waals surface area contributed by atoms with E-state index in [4.69, 9.17) is 0 Å². The van der Waals surface area contributed by atoms with E-state index in [0.29, 0.717) is 11.9 Å². The van der Waals surface area contributed by atoms with Gasteiger partial charge >= 0.3 is 0 Å². The Labute approximate surface area is 121 Å². The number of hydrogen-bond donors (Lipinski definition) is 1. The van der Waals surface area contributed by atoms with Crippen LogP contribution in [-0.2, 0) is 11.2 Å². The minimum absolute atomic E-state index is 0.113. The van der Waals surface area contributed by atoms with Crippen LogP contribution in [-0.4, -0.2) is 36.5 Å². The van der Waals surface area contributed by atoms with Gasteiger partial charge in [0, 0.05) is 25.7 Å². The van der Waals surface area contributed by atoms with E-state index in [0.717, 1.165) is 38.9 Å². The molecular weight excluding hydrogens is 248 g/mol. The van der Waals surface area contributed by atoms with Crippen LogP contribution in [0.15, 0.2) is 30.3 Å². The highest BCUT2D eigenvalue weighted by molar-refractivity contribution is 5.84. The standard InChI is InChI=1S/C17H24N2O/c1-14-13-19(11-10-18-14)16(20)17(8-5-9-17)12-15-6-3-2-4-7-15/h2-4,6-7,14,18H,5,8-13H2,1H3. The van der Waals surface area contributed by atoms with E-state index in [1.807, 2.05) is 6.07 Å². The first-order valence-corrected chi connectivity index (χ1v) is 7.76. The average molecular weight is 272 g/mol. The number of piperazine rings is 1. The molecule has 1 heterocycles. The Hall–Kier alpha value is -1.35. The first-order chi connectivity index (χ1) is 9.70. The van der Waals surface area contributed by atoms with Crippen LogP contribution in [0, 0.1) is 5.41 Å². The predicted molar refractivity (Wildman–Crippen MR) is 80.5 cm³/mol. The number of carbonyl (C=O) groups is 1. The van der Waals surface area contributed by atoms with Crippen LogP contribution < -0.4 is 5.32 Å². The van der Waals surface area contributed by atoms with Gasteiger partial charge in [0.2, 0.25) is 5.91 Å². The topological polar surface area (TPSA) is 32.3 Å². The van der Waals surface area contributed by atoms with Crippen LogP contribution in [0.1, 0.15) is 31.7 Å². The van der Waals surface area contributed by atoms with Gasteiger partial charge in [-0.1, -0.05) is 36.8 Å². The van der Waals surface area contributed by atoms with Gasteiger partial charge < -0.3 is 10.2 Å². The smallest absolute Gasteiger partial charge is 0.229 e. The van der Waals surface area contributed by atoms with E-state index in [9.17, 15) is 4.79 Å². The van der Waals surface area contributed by atoms with Crippen molar-refractivity contribution in [3.8, 4) is 0 Å². The monoisotopic (exact) mass is 272 g/mol. The second-order valence-corrected chi connectivity index (χ2v) is 6.40. The van der Waals surface area contributed by atoms with Crippen LogP contribution in [0.5, 0.6) is 0 Å². The number of carbonyl (C=O) groups excluding carboxylic acids is 1. The molecule has 20 heavy (non-hydrogen) atoms. The van der Waals surface area contributed by atoms with Crippen molar-refractivity contribution in [2.45, 2.75) is 38.6 Å². The lowest BCUT2D eigenvalue weighted by atomic mass is 9.64. The molecule has 1 amide bonds. The van der Waals surface area contributed by atoms with E-state index < -0.39 is 0 Å². The van der Waals surface area contributed by atoms with Gasteiger partial charge in [-0.05, 0) is 31.7 Å². The summed E-state index contributed by atoms with van der Waals surface area (Å²) in [7, 11) is 0. The van der Waals surface area contributed by atoms with E-state index in [1.165, 1.54) is 12.0 Å². The van der Waals surface area contributed by atoms with Crippen LogP contribution in [0.2, 0.25) is 0 Å². The van der Waals surface area contributed by atoms with Gasteiger partial charge in [-0.15, -0.1) is 0 Å². The summed E-state index contributed by atoms with van der Waals surface area (Å²) in [6, 6.07) is 10.9. The summed E-state index contributed by atoms with van der Waals surface area (Å²) < 4.78 is 0. The maximum absolute atomic E-state index is 13.0. The van der Waals surface area contributed by atoms with Crippen LogP contribution in [0.25, 0.3) is 0 Å². The van der Waals surface area contributed by atoms with E-state index in [2.05, 4.69) is 41.4 Å². The van der Waals surface area contributed by atoms with Gasteiger partial charge in [0.1, 0.15) is 0 Å². The first kappa shape index (κ1) is 13.6. The lowest BCUT2D eigenvalue weighted by Gasteiger charge is -2.45. The lowest BCUT2D eigenvalue weighted by molar-refractivity contribution is -0.148. The number of rotatable bonds is 3. The first-order valence-electron chi connectivity index (χ1n) is 7.76. The van der Waals surface area contributed by atoms with E-state index in [1.54, 1.807) is 0 Å². The van der Waals surface area contributed by atoms with Crippen molar-refractivity contribution in [3.05, 3.63) is 35.9 Å². The summed E-state index contributed by atoms with van der Waals surface area (Å²) in [5.41, 5.74) is 1.18. The molecule has 1 aromatic rings. The number of hydrogen-bond acceptors (Lipinski definition) is 2. The fourth-order valence-electron chi connectivity index (χ4n) is 3.51. The fourth-order valence-corrected chi connectivity index (χ4v) is 3.51. The quantitative estimate of drug-likeness (QED) is 0.915. The molecule has 2 fully saturated rings. The molecule has 0 spiro atoms. The predicted octanol–water partition coefficient (Wildman–Crippen LogP) is 2.22. The second kappa shape index (κ2) is 5.57. The SMILES string of the molecule is CC1CN(C(=O)C2(Cc3ccccc3)CCC2)CCN1. The zero-order chi connectivity index (χ0) is 14.0. The second-order valence-electron chi connectivity index (χ2n) is 6.40. The van der Waals surface area contributed by atoms with Crippen LogP contribution in [0.4, 0.5) is 0 Å². The van der Waals surface area contributed by atoms with Gasteiger partial charge in [0.05, 0.1) is 5.41 Å². The van der Waals surface area contributed by atoms with Crippen LogP contribution in [0.3, 0.4) is 0 Å². The third-order valence-corrected chi connectivity index (χ3v) is 4.81. The van der Waals surface area contributed by atoms with Crippen molar-refractivity contribution in [2.24, 2.45) is 5.41 Å². The third-order valence-electron chi connectivity index (χ3n) is 4.81. The molecule has 1 N–H and O–H groups in total. The Balaban J connectivity index is 1.73. The van der Waals surface area contributed by atoms with E-state index >= 15 is 0 Å². The summed E-state index contributed by atoms with van der Waals surface area (Å²) in [4.78, 5) is 15.0. The Morgan fingerprint density at radius 3 is 2.70 bits per heavy atom. The summed E-state index contributed by atoms with van der Waals surface area (Å²) in [6.07, 6.45) is 4.21. The molecule has 1 aliphatic heterocycles. The third kappa shape index (κ3) is 2.59. The molecule has 1 aliphatic carbocycles. The van der Waals surface area contributed by atoms with Crippen LogP contribution >= 0.6 is 0 Å². The maximum atomic E-state index is 13.0. The highest BCUT2D eigenvalue weighted by atomic mass is 16.2. The van der Waals surface area contributed by atoms with Crippen molar-refractivity contribution < 1.29 is 4.79 Å². The molecule has 1 saturated heterocycles. The lowest BCUT2D eigenvalue weighted by Crippen LogP contribution is -2.57. The zero-order valence-electron chi connectivity index (χ0n) is 12.3. The molecule has 1 unspecified atom stereocenters. The number of nitrogens with one attached hydrogen (secondary N) is 1. The molecule has 3 rings (SSSR count). The summed E-state index contributed by atoms with van der Waals surface area (Å²) in [5.74, 6) is 0.390. The normalized spacial score (nSPS) is 25.1. The molecule has 3 nitrogen and oxygen atoms in total. The highest BCUT2D eigenvalue weighted by Crippen LogP contribution is 2.45. The van der Waals surface area contributed by atoms with Gasteiger partial charge in [-0.3, -0.25) is 4.79 Å². The Morgan fingerprint density at radius 1 is 1.35 bits per heavy atom. The Kier molecular flexibility index (Phi) is 3.79. The largest absolute Gasteiger partial charge is 0.339 e. The average Bonchev–Trinajstić information content (AvgIpc) is 2.43. The Morgan fingerprint density at radius 2 is 2.10 bits per heavy atom. The highest BCUT2D eigenvalue weighted by Gasteiger charge is 2.46. The molecule has 3 heteroatoms. The summed E-state index contributed by atoms with van der Waals surface area (Å²) >= 11 is 0. The van der Waals surface area contributed by atoms with Crippen molar-refractivity contribution >= 4 is 5.91 Å². The molecule has 2 aliphatic rings. The molecule has 0 aromatic heterocycles. The summed E-state index contributed by atoms with van der Waals surface area (Å²) in [6.45, 7) is 4.80. The van der Waals surface area contributed by atoms with E-state index in [-0.39, 0.29) is 5.41 Å². The van der Waals surface area contributed by atoms with Crippen molar-refractivity contribution in [2.75, 3.05) is 19.6 Å². The van der Waals surface area contributed by atoms with Gasteiger partial charge in [0.15, 0.2) is 0 Å². The molecule has 0 radical (unpaired) electrons.